The Kier molecular flexibility index (Phi) is 4.14. The summed E-state index contributed by atoms with van der Waals surface area (Å²) in [5.74, 6) is 0.328. The van der Waals surface area contributed by atoms with E-state index in [9.17, 15) is 9.90 Å². The van der Waals surface area contributed by atoms with Gasteiger partial charge in [0.05, 0.1) is 18.3 Å². The van der Waals surface area contributed by atoms with E-state index in [1.54, 1.807) is 11.0 Å². The van der Waals surface area contributed by atoms with Crippen molar-refractivity contribution in [3.63, 3.8) is 0 Å². The average Bonchev–Trinajstić information content (AvgIpc) is 2.92. The van der Waals surface area contributed by atoms with Crippen molar-refractivity contribution in [2.75, 3.05) is 18.9 Å². The minimum Gasteiger partial charge on any atom is -0.397 e. The lowest BCUT2D eigenvalue weighted by molar-refractivity contribution is 0.0637. The van der Waals surface area contributed by atoms with Crippen LogP contribution in [0.5, 0.6) is 0 Å². The second kappa shape index (κ2) is 5.65. The van der Waals surface area contributed by atoms with Gasteiger partial charge in [0.1, 0.15) is 5.69 Å². The first-order chi connectivity index (χ1) is 9.08. The number of nitrogens with zero attached hydrogens (tertiary/aromatic N) is 2. The molecule has 2 atom stereocenters. The summed E-state index contributed by atoms with van der Waals surface area (Å²) in [6.07, 6.45) is 3.71. The largest absolute Gasteiger partial charge is 0.397 e. The maximum Gasteiger partial charge on any atom is 0.270 e. The highest BCUT2D eigenvalue weighted by Gasteiger charge is 2.35. The van der Waals surface area contributed by atoms with Crippen LogP contribution in [0.4, 0.5) is 5.69 Å². The van der Waals surface area contributed by atoms with Gasteiger partial charge < -0.3 is 20.3 Å². The van der Waals surface area contributed by atoms with E-state index in [0.717, 1.165) is 19.4 Å². The highest BCUT2D eigenvalue weighted by molar-refractivity contribution is 5.94. The van der Waals surface area contributed by atoms with Gasteiger partial charge in [0.25, 0.3) is 5.91 Å². The zero-order valence-corrected chi connectivity index (χ0v) is 11.7. The zero-order valence-electron chi connectivity index (χ0n) is 11.7. The number of aliphatic hydroxyl groups excluding tert-OH is 1. The number of aryl methyl sites for hydroxylation is 1. The van der Waals surface area contributed by atoms with Crippen molar-refractivity contribution in [3.05, 3.63) is 18.0 Å². The zero-order chi connectivity index (χ0) is 14.0. The Balaban J connectivity index is 2.24. The molecular weight excluding hydrogens is 242 g/mol. The van der Waals surface area contributed by atoms with Crippen molar-refractivity contribution in [1.29, 1.82) is 0 Å². The number of likely N-dealkylation sites (tertiary alicyclic amines) is 1. The summed E-state index contributed by atoms with van der Waals surface area (Å²) < 4.78 is 1.91. The SMILES string of the molecule is CCCn1cc(N)cc1C(=O)N1CCC(C)C1CO. The van der Waals surface area contributed by atoms with E-state index in [4.69, 9.17) is 5.73 Å². The summed E-state index contributed by atoms with van der Waals surface area (Å²) in [5.41, 5.74) is 7.05. The number of hydrogen-bond acceptors (Lipinski definition) is 3. The number of amides is 1. The normalized spacial score (nSPS) is 23.0. The first kappa shape index (κ1) is 13.9. The highest BCUT2D eigenvalue weighted by Crippen LogP contribution is 2.26. The molecule has 1 aliphatic rings. The molecule has 2 rings (SSSR count). The number of hydrogen-bond donors (Lipinski definition) is 2. The topological polar surface area (TPSA) is 71.5 Å². The Morgan fingerprint density at radius 3 is 2.95 bits per heavy atom. The van der Waals surface area contributed by atoms with Crippen LogP contribution in [0.1, 0.15) is 37.2 Å². The van der Waals surface area contributed by atoms with Gasteiger partial charge in [-0.3, -0.25) is 4.79 Å². The Hall–Kier alpha value is -1.49. The predicted octanol–water partition coefficient (Wildman–Crippen LogP) is 1.32. The fourth-order valence-corrected chi connectivity index (χ4v) is 2.82. The Morgan fingerprint density at radius 2 is 2.32 bits per heavy atom. The van der Waals surface area contributed by atoms with Crippen LogP contribution in [-0.2, 0) is 6.54 Å². The van der Waals surface area contributed by atoms with E-state index in [1.165, 1.54) is 0 Å². The average molecular weight is 265 g/mol. The van der Waals surface area contributed by atoms with Gasteiger partial charge in [0, 0.05) is 19.3 Å². The standard InChI is InChI=1S/C14H23N3O2/c1-3-5-16-8-11(15)7-12(16)14(19)17-6-4-10(2)13(17)9-18/h7-8,10,13,18H,3-6,9,15H2,1-2H3. The lowest BCUT2D eigenvalue weighted by atomic mass is 10.0. The third-order valence-corrected chi connectivity index (χ3v) is 3.93. The molecule has 0 saturated carbocycles. The van der Waals surface area contributed by atoms with Crippen LogP contribution in [0.3, 0.4) is 0 Å². The second-order valence-electron chi connectivity index (χ2n) is 5.37. The van der Waals surface area contributed by atoms with E-state index in [1.807, 2.05) is 10.8 Å². The number of rotatable bonds is 4. The van der Waals surface area contributed by atoms with Crippen LogP contribution < -0.4 is 5.73 Å². The van der Waals surface area contributed by atoms with E-state index in [0.29, 0.717) is 23.8 Å². The third-order valence-electron chi connectivity index (χ3n) is 3.93. The van der Waals surface area contributed by atoms with Gasteiger partial charge in [-0.05, 0) is 24.8 Å². The molecule has 0 spiro atoms. The summed E-state index contributed by atoms with van der Waals surface area (Å²) in [6, 6.07) is 1.66. The van der Waals surface area contributed by atoms with Crippen LogP contribution in [0.2, 0.25) is 0 Å². The smallest absolute Gasteiger partial charge is 0.270 e. The van der Waals surface area contributed by atoms with Gasteiger partial charge >= 0.3 is 0 Å². The van der Waals surface area contributed by atoms with Crippen molar-refractivity contribution in [2.24, 2.45) is 5.92 Å². The molecule has 0 bridgehead atoms. The van der Waals surface area contributed by atoms with Crippen molar-refractivity contribution < 1.29 is 9.90 Å². The fourth-order valence-electron chi connectivity index (χ4n) is 2.82. The minimum absolute atomic E-state index is 0.0199. The Morgan fingerprint density at radius 1 is 1.58 bits per heavy atom. The molecule has 5 heteroatoms. The van der Waals surface area contributed by atoms with Crippen molar-refractivity contribution in [2.45, 2.75) is 39.3 Å². The molecule has 3 N–H and O–H groups in total. The number of anilines is 1. The van der Waals surface area contributed by atoms with Gasteiger partial charge in [-0.15, -0.1) is 0 Å². The lowest BCUT2D eigenvalue weighted by Gasteiger charge is -2.25. The molecule has 1 saturated heterocycles. The van der Waals surface area contributed by atoms with Gasteiger partial charge in [0.15, 0.2) is 0 Å². The lowest BCUT2D eigenvalue weighted by Crippen LogP contribution is -2.40. The number of carbonyl (C=O) groups is 1. The van der Waals surface area contributed by atoms with Crippen LogP contribution in [0.15, 0.2) is 12.3 Å². The van der Waals surface area contributed by atoms with Crippen LogP contribution >= 0.6 is 0 Å². The molecule has 1 aliphatic heterocycles. The third kappa shape index (κ3) is 2.61. The highest BCUT2D eigenvalue weighted by atomic mass is 16.3. The predicted molar refractivity (Wildman–Crippen MR) is 74.8 cm³/mol. The first-order valence-electron chi connectivity index (χ1n) is 6.96. The van der Waals surface area contributed by atoms with Crippen LogP contribution in [0.25, 0.3) is 0 Å². The monoisotopic (exact) mass is 265 g/mol. The Bertz CT molecular complexity index is 456. The number of nitrogen functional groups attached to an aromatic ring is 1. The summed E-state index contributed by atoms with van der Waals surface area (Å²) in [6.45, 7) is 5.66. The first-order valence-corrected chi connectivity index (χ1v) is 6.96. The Labute approximate surface area is 114 Å². The minimum atomic E-state index is -0.0706. The quantitative estimate of drug-likeness (QED) is 0.862. The van der Waals surface area contributed by atoms with Gasteiger partial charge in [-0.1, -0.05) is 13.8 Å². The van der Waals surface area contributed by atoms with E-state index in [-0.39, 0.29) is 18.6 Å². The number of aliphatic hydroxyl groups is 1. The molecular formula is C14H23N3O2. The molecule has 19 heavy (non-hydrogen) atoms. The molecule has 0 aliphatic carbocycles. The van der Waals surface area contributed by atoms with Crippen LogP contribution in [0, 0.1) is 5.92 Å². The maximum absolute atomic E-state index is 12.6. The van der Waals surface area contributed by atoms with E-state index < -0.39 is 0 Å². The van der Waals surface area contributed by atoms with Gasteiger partial charge in [-0.25, -0.2) is 0 Å². The summed E-state index contributed by atoms with van der Waals surface area (Å²) in [7, 11) is 0. The van der Waals surface area contributed by atoms with E-state index in [2.05, 4.69) is 13.8 Å². The fraction of sp³-hybridized carbons (Fsp3) is 0.643. The van der Waals surface area contributed by atoms with Gasteiger partial charge in [-0.2, -0.15) is 0 Å². The summed E-state index contributed by atoms with van der Waals surface area (Å²) >= 11 is 0. The summed E-state index contributed by atoms with van der Waals surface area (Å²) in [5, 5.41) is 9.46. The van der Waals surface area contributed by atoms with E-state index >= 15 is 0 Å². The molecule has 2 unspecified atom stereocenters. The molecule has 106 valence electrons. The number of aromatic nitrogens is 1. The van der Waals surface area contributed by atoms with Gasteiger partial charge in [0.2, 0.25) is 0 Å². The molecule has 2 heterocycles. The molecule has 5 nitrogen and oxygen atoms in total. The van der Waals surface area contributed by atoms with Crippen LogP contribution in [-0.4, -0.2) is 39.7 Å². The van der Waals surface area contributed by atoms with Crippen molar-refractivity contribution in [1.82, 2.24) is 9.47 Å². The molecule has 0 radical (unpaired) electrons. The molecule has 0 aromatic carbocycles. The molecule has 1 amide bonds. The van der Waals surface area contributed by atoms with Crippen molar-refractivity contribution >= 4 is 11.6 Å². The summed E-state index contributed by atoms with van der Waals surface area (Å²) in [4.78, 5) is 14.4. The second-order valence-corrected chi connectivity index (χ2v) is 5.37. The molecule has 1 fully saturated rings. The van der Waals surface area contributed by atoms with Crippen molar-refractivity contribution in [3.8, 4) is 0 Å². The number of nitrogens with two attached hydrogens (primary N) is 1. The maximum atomic E-state index is 12.6. The molecule has 1 aromatic rings. The number of carbonyl (C=O) groups excluding carboxylic acids is 1. The molecule has 1 aromatic heterocycles.